The lowest BCUT2D eigenvalue weighted by Gasteiger charge is -2.26. The Hall–Kier alpha value is -7.20. The van der Waals surface area contributed by atoms with E-state index in [0.29, 0.717) is 110 Å². The number of nitrogens with zero attached hydrogens (tertiary/aromatic N) is 5. The van der Waals surface area contributed by atoms with E-state index in [1.54, 1.807) is 60.9 Å². The third kappa shape index (κ3) is 11.8. The number of rotatable bonds is 17. The van der Waals surface area contributed by atoms with E-state index in [1.807, 2.05) is 56.3 Å². The lowest BCUT2D eigenvalue weighted by molar-refractivity contribution is 0.0679. The molecule has 2 aromatic heterocycles. The molecule has 0 spiro atoms. The molecule has 0 radical (unpaired) electrons. The van der Waals surface area contributed by atoms with Crippen LogP contribution >= 0.6 is 0 Å². The molecule has 2 N–H and O–H groups in total. The average Bonchev–Trinajstić information content (AvgIpc) is 3.42. The summed E-state index contributed by atoms with van der Waals surface area (Å²) in [6.45, 7) is 13.3. The fourth-order valence-corrected chi connectivity index (χ4v) is 9.39. The molecule has 3 heterocycles. The molecule has 7 rings (SSSR count). The van der Waals surface area contributed by atoms with Gasteiger partial charge in [-0.15, -0.1) is 0 Å². The fraction of sp³-hybridized carbons (Fsp3) is 0.345. The first-order valence-corrected chi connectivity index (χ1v) is 23.1. The Morgan fingerprint density at radius 1 is 0.443 bits per heavy atom. The van der Waals surface area contributed by atoms with E-state index in [1.165, 1.54) is 0 Å². The highest BCUT2D eigenvalue weighted by Gasteiger charge is 2.24. The first kappa shape index (κ1) is 50.7. The minimum Gasteiger partial charge on any atom is -0.497 e. The number of hydrogen-bond donors (Lipinski definition) is 2. The van der Waals surface area contributed by atoms with E-state index < -0.39 is 11.9 Å². The predicted octanol–water partition coefficient (Wildman–Crippen LogP) is 8.98. The SMILES string of the molecule is COc1cc(C)c(-c2cc(C)cc(CN3CCN(Cc4cc(-c5c(C)cc(OC)cc5OC)cc(C(=O)O)n4)CCN(Cc4cc(-c5c(OC)cc(C)cc5OC)cc(C(=O)O)n4)CC3)c2)c(OC)c1. The van der Waals surface area contributed by atoms with E-state index >= 15 is 0 Å². The molecular weight excluding hydrogens is 891 g/mol. The highest BCUT2D eigenvalue weighted by molar-refractivity contribution is 5.89. The zero-order valence-corrected chi connectivity index (χ0v) is 41.8. The maximum atomic E-state index is 12.6. The molecule has 0 saturated carbocycles. The highest BCUT2D eigenvalue weighted by atomic mass is 16.5. The van der Waals surface area contributed by atoms with Crippen molar-refractivity contribution >= 4 is 11.9 Å². The third-order valence-corrected chi connectivity index (χ3v) is 12.7. The van der Waals surface area contributed by atoms with Gasteiger partial charge in [-0.05, 0) is 121 Å². The minimum atomic E-state index is -1.15. The van der Waals surface area contributed by atoms with Gasteiger partial charge in [0, 0.05) is 82.2 Å². The summed E-state index contributed by atoms with van der Waals surface area (Å²) in [7, 11) is 9.66. The summed E-state index contributed by atoms with van der Waals surface area (Å²) in [5.41, 5.74) is 10.8. The van der Waals surface area contributed by atoms with E-state index in [2.05, 4.69) is 56.7 Å². The summed E-state index contributed by atoms with van der Waals surface area (Å²) in [5, 5.41) is 20.6. The van der Waals surface area contributed by atoms with Crippen molar-refractivity contribution in [3.8, 4) is 67.9 Å². The van der Waals surface area contributed by atoms with Crippen LogP contribution in [0.2, 0.25) is 0 Å². The Morgan fingerprint density at radius 2 is 0.814 bits per heavy atom. The first-order chi connectivity index (χ1) is 33.6. The topological polar surface area (TPSA) is 165 Å². The quantitative estimate of drug-likeness (QED) is 0.0889. The molecular formula is C55H63N5O10. The molecule has 1 aliphatic heterocycles. The number of ether oxygens (including phenoxy) is 6. The molecule has 1 saturated heterocycles. The van der Waals surface area contributed by atoms with Crippen molar-refractivity contribution in [3.05, 3.63) is 129 Å². The Morgan fingerprint density at radius 3 is 1.21 bits per heavy atom. The van der Waals surface area contributed by atoms with E-state index in [-0.39, 0.29) is 11.4 Å². The van der Waals surface area contributed by atoms with E-state index in [0.717, 1.165) is 56.0 Å². The first-order valence-electron chi connectivity index (χ1n) is 23.1. The van der Waals surface area contributed by atoms with Crippen molar-refractivity contribution in [1.82, 2.24) is 24.7 Å². The number of carbonyl (C=O) groups is 2. The molecule has 0 aliphatic carbocycles. The second-order valence-corrected chi connectivity index (χ2v) is 17.7. The standard InChI is InChI=1S/C55H63N5O10/c1-33-17-37(23-38(18-33)51-35(3)21-43(65-5)28-49(51)69-9)30-58-11-13-59(31-41-24-39(26-45(56-41)54(61)62)52-36(4)22-44(66-6)29-50(52)70-10)15-16-60(14-12-58)32-42-25-40(27-46(57-42)55(63)64)53-47(67-7)19-34(2)20-48(53)68-8/h17-29H,11-16,30-32H2,1-10H3,(H,61,62)(H,63,64). The fourth-order valence-electron chi connectivity index (χ4n) is 9.39. The van der Waals surface area contributed by atoms with Crippen LogP contribution in [0.15, 0.2) is 78.9 Å². The highest BCUT2D eigenvalue weighted by Crippen LogP contribution is 2.41. The van der Waals surface area contributed by atoms with Crippen molar-refractivity contribution in [2.45, 2.75) is 47.3 Å². The van der Waals surface area contributed by atoms with Crippen molar-refractivity contribution in [2.24, 2.45) is 0 Å². The van der Waals surface area contributed by atoms with Gasteiger partial charge in [0.15, 0.2) is 0 Å². The van der Waals surface area contributed by atoms with Gasteiger partial charge < -0.3 is 38.6 Å². The van der Waals surface area contributed by atoms with E-state index in [9.17, 15) is 19.8 Å². The van der Waals surface area contributed by atoms with Crippen LogP contribution in [0, 0.1) is 27.7 Å². The third-order valence-electron chi connectivity index (χ3n) is 12.7. The largest absolute Gasteiger partial charge is 0.497 e. The van der Waals surface area contributed by atoms with Gasteiger partial charge in [0.05, 0.1) is 59.6 Å². The van der Waals surface area contributed by atoms with Gasteiger partial charge in [-0.25, -0.2) is 19.6 Å². The monoisotopic (exact) mass is 953 g/mol. The van der Waals surface area contributed by atoms with Crippen LogP contribution in [-0.4, -0.2) is 129 Å². The molecule has 15 heteroatoms. The maximum absolute atomic E-state index is 12.6. The van der Waals surface area contributed by atoms with Gasteiger partial charge in [0.25, 0.3) is 0 Å². The van der Waals surface area contributed by atoms with Gasteiger partial charge >= 0.3 is 11.9 Å². The number of carboxylic acids is 2. The summed E-state index contributed by atoms with van der Waals surface area (Å²) in [5.74, 6) is 1.48. The number of benzene rings is 4. The van der Waals surface area contributed by atoms with Crippen LogP contribution in [-0.2, 0) is 19.6 Å². The van der Waals surface area contributed by atoms with Crippen LogP contribution in [0.4, 0.5) is 0 Å². The molecule has 0 atom stereocenters. The molecule has 0 amide bonds. The van der Waals surface area contributed by atoms with Gasteiger partial charge in [-0.1, -0.05) is 17.7 Å². The molecule has 0 unspecified atom stereocenters. The Kier molecular flexibility index (Phi) is 16.3. The molecule has 0 bridgehead atoms. The zero-order chi connectivity index (χ0) is 50.2. The summed E-state index contributed by atoms with van der Waals surface area (Å²) in [6, 6.07) is 25.0. The second-order valence-electron chi connectivity index (χ2n) is 17.7. The van der Waals surface area contributed by atoms with Crippen molar-refractivity contribution in [2.75, 3.05) is 81.9 Å². The van der Waals surface area contributed by atoms with Gasteiger partial charge in [0.2, 0.25) is 0 Å². The number of pyridine rings is 2. The number of methoxy groups -OCH3 is 6. The number of aromatic nitrogens is 2. The molecule has 15 nitrogen and oxygen atoms in total. The molecule has 368 valence electrons. The second kappa shape index (κ2) is 22.5. The van der Waals surface area contributed by atoms with Crippen molar-refractivity contribution in [3.63, 3.8) is 0 Å². The maximum Gasteiger partial charge on any atom is 0.354 e. The normalized spacial score (nSPS) is 13.7. The number of carboxylic acid groups (broad SMARTS) is 2. The van der Waals surface area contributed by atoms with Crippen LogP contribution in [0.3, 0.4) is 0 Å². The van der Waals surface area contributed by atoms with Crippen LogP contribution in [0.25, 0.3) is 33.4 Å². The summed E-state index contributed by atoms with van der Waals surface area (Å²) in [4.78, 5) is 41.6. The summed E-state index contributed by atoms with van der Waals surface area (Å²) >= 11 is 0. The van der Waals surface area contributed by atoms with Crippen LogP contribution in [0.1, 0.15) is 60.2 Å². The Bertz CT molecular complexity index is 2860. The van der Waals surface area contributed by atoms with Gasteiger partial charge in [-0.2, -0.15) is 0 Å². The minimum absolute atomic E-state index is 0.0710. The van der Waals surface area contributed by atoms with E-state index in [4.69, 9.17) is 28.4 Å². The van der Waals surface area contributed by atoms with Gasteiger partial charge in [-0.3, -0.25) is 14.7 Å². The predicted molar refractivity (Wildman–Crippen MR) is 269 cm³/mol. The molecule has 1 aliphatic rings. The smallest absolute Gasteiger partial charge is 0.354 e. The van der Waals surface area contributed by atoms with Crippen LogP contribution < -0.4 is 28.4 Å². The molecule has 1 fully saturated rings. The number of aromatic carboxylic acids is 2. The summed E-state index contributed by atoms with van der Waals surface area (Å²) in [6.07, 6.45) is 0. The van der Waals surface area contributed by atoms with Crippen molar-refractivity contribution in [1.29, 1.82) is 0 Å². The van der Waals surface area contributed by atoms with Crippen LogP contribution in [0.5, 0.6) is 34.5 Å². The number of aryl methyl sites for hydroxylation is 4. The molecule has 6 aromatic rings. The lowest BCUT2D eigenvalue weighted by atomic mass is 9.95. The molecule has 4 aromatic carbocycles. The average molecular weight is 954 g/mol. The van der Waals surface area contributed by atoms with Crippen molar-refractivity contribution < 1.29 is 48.2 Å². The Balaban J connectivity index is 1.26. The lowest BCUT2D eigenvalue weighted by Crippen LogP contribution is -2.36. The zero-order valence-electron chi connectivity index (χ0n) is 41.8. The Labute approximate surface area is 410 Å². The summed E-state index contributed by atoms with van der Waals surface area (Å²) < 4.78 is 34.3. The number of hydrogen-bond acceptors (Lipinski definition) is 13. The molecule has 70 heavy (non-hydrogen) atoms. The van der Waals surface area contributed by atoms with Gasteiger partial charge in [0.1, 0.15) is 45.9 Å².